The highest BCUT2D eigenvalue weighted by atomic mass is 32.1. The molecule has 1 aliphatic heterocycles. The van der Waals surface area contributed by atoms with Crippen molar-refractivity contribution in [2.24, 2.45) is 0 Å². The molecule has 0 bridgehead atoms. The Hall–Kier alpha value is -1.85. The fourth-order valence-electron chi connectivity index (χ4n) is 2.99. The van der Waals surface area contributed by atoms with E-state index in [-0.39, 0.29) is 5.97 Å². The van der Waals surface area contributed by atoms with E-state index in [1.165, 1.54) is 27.3 Å². The molecule has 1 aliphatic rings. The predicted octanol–water partition coefficient (Wildman–Crippen LogP) is 3.37. The molecule has 1 aromatic heterocycles. The van der Waals surface area contributed by atoms with Crippen molar-refractivity contribution in [3.63, 3.8) is 0 Å². The molecule has 1 aromatic carbocycles. The lowest BCUT2D eigenvalue weighted by molar-refractivity contribution is 0.0526. The molecule has 4 nitrogen and oxygen atoms in total. The maximum atomic E-state index is 12.1. The maximum Gasteiger partial charge on any atom is 0.341 e. The molecule has 0 spiro atoms. The van der Waals surface area contributed by atoms with Crippen LogP contribution in [0.3, 0.4) is 0 Å². The third kappa shape index (κ3) is 3.41. The van der Waals surface area contributed by atoms with E-state index in [0.717, 1.165) is 31.6 Å². The molecular formula is C18H22N2O2S. The van der Waals surface area contributed by atoms with Crippen molar-refractivity contribution in [3.05, 3.63) is 51.4 Å². The summed E-state index contributed by atoms with van der Waals surface area (Å²) >= 11 is 1.52. The van der Waals surface area contributed by atoms with Crippen LogP contribution in [0.25, 0.3) is 0 Å². The number of fused-ring (bicyclic) bond motifs is 1. The molecule has 0 aliphatic carbocycles. The van der Waals surface area contributed by atoms with Crippen molar-refractivity contribution < 1.29 is 9.53 Å². The summed E-state index contributed by atoms with van der Waals surface area (Å²) in [4.78, 5) is 15.7. The standard InChI is InChI=1S/C18H22N2O2S/c1-3-22-18(21)16-14-8-9-20(11-15(14)23-17(16)19)10-13-6-4-12(2)5-7-13/h4-7H,3,8-11,19H2,1-2H3. The van der Waals surface area contributed by atoms with Crippen LogP contribution in [0.5, 0.6) is 0 Å². The average Bonchev–Trinajstić information content (AvgIpc) is 2.85. The Labute approximate surface area is 140 Å². The Morgan fingerprint density at radius 1 is 1.35 bits per heavy atom. The van der Waals surface area contributed by atoms with Gasteiger partial charge in [0.05, 0.1) is 12.2 Å². The van der Waals surface area contributed by atoms with Gasteiger partial charge in [0.1, 0.15) is 5.00 Å². The quantitative estimate of drug-likeness (QED) is 0.873. The highest BCUT2D eigenvalue weighted by Crippen LogP contribution is 2.36. The number of nitrogens with zero attached hydrogens (tertiary/aromatic N) is 1. The minimum absolute atomic E-state index is 0.283. The summed E-state index contributed by atoms with van der Waals surface area (Å²) in [6.45, 7) is 6.99. The van der Waals surface area contributed by atoms with Gasteiger partial charge in [0.15, 0.2) is 0 Å². The van der Waals surface area contributed by atoms with Crippen LogP contribution in [0.4, 0.5) is 5.00 Å². The molecule has 0 radical (unpaired) electrons. The van der Waals surface area contributed by atoms with E-state index in [2.05, 4.69) is 36.1 Å². The van der Waals surface area contributed by atoms with Gasteiger partial charge in [0.25, 0.3) is 0 Å². The Balaban J connectivity index is 1.75. The molecular weight excluding hydrogens is 308 g/mol. The van der Waals surface area contributed by atoms with Crippen LogP contribution in [-0.4, -0.2) is 24.0 Å². The summed E-state index contributed by atoms with van der Waals surface area (Å²) in [6.07, 6.45) is 0.850. The van der Waals surface area contributed by atoms with E-state index in [0.29, 0.717) is 17.2 Å². The van der Waals surface area contributed by atoms with Crippen molar-refractivity contribution in [2.45, 2.75) is 33.4 Å². The molecule has 2 N–H and O–H groups in total. The lowest BCUT2D eigenvalue weighted by Crippen LogP contribution is -2.29. The van der Waals surface area contributed by atoms with Gasteiger partial charge in [-0.2, -0.15) is 0 Å². The Kier molecular flexibility index (Phi) is 4.68. The zero-order chi connectivity index (χ0) is 16.4. The van der Waals surface area contributed by atoms with E-state index < -0.39 is 0 Å². The number of carbonyl (C=O) groups is 1. The van der Waals surface area contributed by atoms with Gasteiger partial charge in [-0.1, -0.05) is 29.8 Å². The SMILES string of the molecule is CCOC(=O)c1c(N)sc2c1CCN(Cc1ccc(C)cc1)C2. The number of ether oxygens (including phenoxy) is 1. The molecule has 0 saturated heterocycles. The first-order valence-electron chi connectivity index (χ1n) is 7.93. The Morgan fingerprint density at radius 3 is 2.78 bits per heavy atom. The van der Waals surface area contributed by atoms with Crippen LogP contribution in [0, 0.1) is 6.92 Å². The zero-order valence-corrected chi connectivity index (χ0v) is 14.4. The first kappa shape index (κ1) is 16.0. The van der Waals surface area contributed by atoms with Crippen molar-refractivity contribution in [1.82, 2.24) is 4.90 Å². The molecule has 2 aromatic rings. The van der Waals surface area contributed by atoms with Gasteiger partial charge in [-0.15, -0.1) is 11.3 Å². The van der Waals surface area contributed by atoms with E-state index in [9.17, 15) is 4.79 Å². The number of nitrogens with two attached hydrogens (primary N) is 1. The third-order valence-electron chi connectivity index (χ3n) is 4.17. The molecule has 0 fully saturated rings. The van der Waals surface area contributed by atoms with E-state index in [1.807, 2.05) is 6.92 Å². The fourth-order valence-corrected chi connectivity index (χ4v) is 4.14. The molecule has 23 heavy (non-hydrogen) atoms. The largest absolute Gasteiger partial charge is 0.462 e. The predicted molar refractivity (Wildman–Crippen MR) is 93.7 cm³/mol. The van der Waals surface area contributed by atoms with Crippen LogP contribution in [-0.2, 0) is 24.2 Å². The highest BCUT2D eigenvalue weighted by molar-refractivity contribution is 7.16. The van der Waals surface area contributed by atoms with Crippen molar-refractivity contribution in [3.8, 4) is 0 Å². The summed E-state index contributed by atoms with van der Waals surface area (Å²) in [6, 6.07) is 8.65. The number of aryl methyl sites for hydroxylation is 1. The highest BCUT2D eigenvalue weighted by Gasteiger charge is 2.27. The van der Waals surface area contributed by atoms with Gasteiger partial charge in [-0.25, -0.2) is 4.79 Å². The normalized spacial score (nSPS) is 14.5. The molecule has 5 heteroatoms. The summed E-state index contributed by atoms with van der Waals surface area (Å²) in [5.74, 6) is -0.283. The van der Waals surface area contributed by atoms with E-state index in [1.54, 1.807) is 0 Å². The van der Waals surface area contributed by atoms with Crippen LogP contribution >= 0.6 is 11.3 Å². The number of hydrogen-bond acceptors (Lipinski definition) is 5. The van der Waals surface area contributed by atoms with Crippen LogP contribution in [0.1, 0.15) is 38.8 Å². The fraction of sp³-hybridized carbons (Fsp3) is 0.389. The number of hydrogen-bond donors (Lipinski definition) is 1. The monoisotopic (exact) mass is 330 g/mol. The summed E-state index contributed by atoms with van der Waals surface area (Å²) < 4.78 is 5.14. The number of esters is 1. The first-order chi connectivity index (χ1) is 11.1. The van der Waals surface area contributed by atoms with Gasteiger partial charge >= 0.3 is 5.97 Å². The topological polar surface area (TPSA) is 55.6 Å². The Bertz CT molecular complexity index is 707. The number of carbonyl (C=O) groups excluding carboxylic acids is 1. The third-order valence-corrected chi connectivity index (χ3v) is 5.22. The minimum Gasteiger partial charge on any atom is -0.462 e. The molecule has 3 rings (SSSR count). The average molecular weight is 330 g/mol. The number of benzene rings is 1. The molecule has 0 saturated carbocycles. The molecule has 122 valence electrons. The van der Waals surface area contributed by atoms with Crippen LogP contribution in [0.15, 0.2) is 24.3 Å². The number of rotatable bonds is 4. The lowest BCUT2D eigenvalue weighted by Gasteiger charge is -2.27. The van der Waals surface area contributed by atoms with Crippen LogP contribution in [0.2, 0.25) is 0 Å². The van der Waals surface area contributed by atoms with Crippen molar-refractivity contribution >= 4 is 22.3 Å². The second-order valence-corrected chi connectivity index (χ2v) is 7.05. The van der Waals surface area contributed by atoms with Gasteiger partial charge in [0, 0.05) is 24.5 Å². The number of thiophene rings is 1. The smallest absolute Gasteiger partial charge is 0.341 e. The van der Waals surface area contributed by atoms with Gasteiger partial charge in [0.2, 0.25) is 0 Å². The van der Waals surface area contributed by atoms with E-state index >= 15 is 0 Å². The van der Waals surface area contributed by atoms with Gasteiger partial charge in [-0.3, -0.25) is 4.90 Å². The first-order valence-corrected chi connectivity index (χ1v) is 8.75. The van der Waals surface area contributed by atoms with E-state index in [4.69, 9.17) is 10.5 Å². The van der Waals surface area contributed by atoms with Crippen molar-refractivity contribution in [2.75, 3.05) is 18.9 Å². The second-order valence-electron chi connectivity index (χ2n) is 5.91. The van der Waals surface area contributed by atoms with Crippen molar-refractivity contribution in [1.29, 1.82) is 0 Å². The van der Waals surface area contributed by atoms with Gasteiger partial charge in [-0.05, 0) is 31.4 Å². The molecule has 0 unspecified atom stereocenters. The van der Waals surface area contributed by atoms with Crippen LogP contribution < -0.4 is 5.73 Å². The zero-order valence-electron chi connectivity index (χ0n) is 13.6. The second kappa shape index (κ2) is 6.72. The molecule has 0 atom stereocenters. The summed E-state index contributed by atoms with van der Waals surface area (Å²) in [5, 5.41) is 0.589. The minimum atomic E-state index is -0.283. The molecule has 2 heterocycles. The summed E-state index contributed by atoms with van der Waals surface area (Å²) in [7, 11) is 0. The number of nitrogen functional groups attached to an aromatic ring is 1. The summed E-state index contributed by atoms with van der Waals surface area (Å²) in [5.41, 5.74) is 10.3. The number of anilines is 1. The van der Waals surface area contributed by atoms with Gasteiger partial charge < -0.3 is 10.5 Å². The Morgan fingerprint density at radius 2 is 2.09 bits per heavy atom. The maximum absolute atomic E-state index is 12.1. The molecule has 0 amide bonds. The lowest BCUT2D eigenvalue weighted by atomic mass is 10.0.